The van der Waals surface area contributed by atoms with Gasteiger partial charge in [0.1, 0.15) is 11.5 Å². The van der Waals surface area contributed by atoms with E-state index >= 15 is 0 Å². The minimum absolute atomic E-state index is 0.0295. The maximum absolute atomic E-state index is 12.4. The van der Waals surface area contributed by atoms with Gasteiger partial charge < -0.3 is 4.74 Å². The molecule has 0 bridgehead atoms. The maximum atomic E-state index is 12.4. The largest absolute Gasteiger partial charge is 0.494 e. The summed E-state index contributed by atoms with van der Waals surface area (Å²) in [6.07, 6.45) is 15.1. The van der Waals surface area contributed by atoms with E-state index in [1.807, 2.05) is 6.08 Å². The molecule has 0 aromatic rings. The quantitative estimate of drug-likeness (QED) is 0.453. The maximum Gasteiger partial charge on any atom is 0.156 e. The highest BCUT2D eigenvalue weighted by molar-refractivity contribution is 5.92. The molecule has 0 unspecified atom stereocenters. The van der Waals surface area contributed by atoms with Crippen LogP contribution in [0.2, 0.25) is 0 Å². The molecular weight excluding hydrogens is 372 g/mol. The van der Waals surface area contributed by atoms with Gasteiger partial charge in [0, 0.05) is 23.3 Å². The fourth-order valence-corrected chi connectivity index (χ4v) is 7.59. The van der Waals surface area contributed by atoms with Crippen LogP contribution >= 0.6 is 0 Å². The first-order valence-corrected chi connectivity index (χ1v) is 12.4. The third-order valence-electron chi connectivity index (χ3n) is 9.32. The topological polar surface area (TPSA) is 43.4 Å². The minimum Gasteiger partial charge on any atom is -0.494 e. The van der Waals surface area contributed by atoms with Crippen molar-refractivity contribution in [3.05, 3.63) is 23.5 Å². The highest BCUT2D eigenvalue weighted by Crippen LogP contribution is 2.66. The van der Waals surface area contributed by atoms with Gasteiger partial charge in [0.15, 0.2) is 5.78 Å². The van der Waals surface area contributed by atoms with Gasteiger partial charge in [-0.1, -0.05) is 40.0 Å². The number of fused-ring (bicyclic) bond motifs is 5. The van der Waals surface area contributed by atoms with Gasteiger partial charge in [-0.2, -0.15) is 0 Å². The van der Waals surface area contributed by atoms with E-state index in [1.165, 1.54) is 24.8 Å². The Hall–Kier alpha value is -1.38. The van der Waals surface area contributed by atoms with Gasteiger partial charge in [-0.3, -0.25) is 9.59 Å². The van der Waals surface area contributed by atoms with Crippen LogP contribution < -0.4 is 0 Å². The molecular formula is C27H40O3. The van der Waals surface area contributed by atoms with E-state index in [-0.39, 0.29) is 22.5 Å². The molecule has 2 saturated carbocycles. The number of ketones is 2. The Labute approximate surface area is 182 Å². The first kappa shape index (κ1) is 21.8. The number of Topliss-reactive ketones (excluding diaryl/α,β-unsaturated/α-hetero) is 1. The molecule has 0 saturated heterocycles. The Bertz CT molecular complexity index is 762. The van der Waals surface area contributed by atoms with E-state index in [2.05, 4.69) is 26.8 Å². The van der Waals surface area contributed by atoms with Gasteiger partial charge in [0.2, 0.25) is 0 Å². The SMILES string of the molecule is CCCCCCOC1=C[C@H]2[C@@H]3CC[C@H](C(C)=O)[C@@]3(C)CC[C@@H]2[C@@]2(C)CCC(=O)C=C12. The summed E-state index contributed by atoms with van der Waals surface area (Å²) in [6.45, 7) is 9.52. The predicted octanol–water partition coefficient (Wildman–Crippen LogP) is 6.42. The monoisotopic (exact) mass is 412 g/mol. The lowest BCUT2D eigenvalue weighted by Gasteiger charge is -2.56. The van der Waals surface area contributed by atoms with Gasteiger partial charge in [-0.25, -0.2) is 0 Å². The smallest absolute Gasteiger partial charge is 0.156 e. The number of ether oxygens (including phenoxy) is 1. The molecule has 166 valence electrons. The van der Waals surface area contributed by atoms with Crippen molar-refractivity contribution in [1.29, 1.82) is 0 Å². The lowest BCUT2D eigenvalue weighted by atomic mass is 9.48. The Morgan fingerprint density at radius 1 is 1.10 bits per heavy atom. The third kappa shape index (κ3) is 3.50. The third-order valence-corrected chi connectivity index (χ3v) is 9.32. The second kappa shape index (κ2) is 8.28. The zero-order valence-electron chi connectivity index (χ0n) is 19.5. The van der Waals surface area contributed by atoms with Crippen molar-refractivity contribution < 1.29 is 14.3 Å². The summed E-state index contributed by atoms with van der Waals surface area (Å²) < 4.78 is 6.39. The van der Waals surface area contributed by atoms with E-state index in [4.69, 9.17) is 4.74 Å². The molecule has 0 amide bonds. The molecule has 0 aliphatic heterocycles. The van der Waals surface area contributed by atoms with Gasteiger partial charge in [0.25, 0.3) is 0 Å². The van der Waals surface area contributed by atoms with Crippen molar-refractivity contribution in [2.45, 2.75) is 91.9 Å². The number of rotatable bonds is 7. The molecule has 3 heteroatoms. The van der Waals surface area contributed by atoms with Crippen LogP contribution in [0.3, 0.4) is 0 Å². The Balaban J connectivity index is 1.65. The molecule has 30 heavy (non-hydrogen) atoms. The number of carbonyl (C=O) groups excluding carboxylic acids is 2. The van der Waals surface area contributed by atoms with Crippen LogP contribution in [0.1, 0.15) is 91.9 Å². The molecule has 0 aromatic carbocycles. The van der Waals surface area contributed by atoms with Gasteiger partial charge >= 0.3 is 0 Å². The van der Waals surface area contributed by atoms with Crippen LogP contribution in [0.4, 0.5) is 0 Å². The van der Waals surface area contributed by atoms with E-state index in [0.717, 1.165) is 50.9 Å². The number of unbranched alkanes of at least 4 members (excludes halogenated alkanes) is 3. The lowest BCUT2D eigenvalue weighted by molar-refractivity contribution is -0.127. The van der Waals surface area contributed by atoms with Crippen molar-refractivity contribution >= 4 is 11.6 Å². The standard InChI is InChI=1S/C27H40O3/c1-5-6-7-8-15-30-25-17-20-22-10-9-21(18(2)28)26(22,3)14-12-23(20)27(4)13-11-19(29)16-24(25)27/h16-17,20-23H,5-15H2,1-4H3/t20-,21+,22-,23-,26+,27+/m0/s1. The molecule has 4 rings (SSSR count). The van der Waals surface area contributed by atoms with Gasteiger partial charge in [0.05, 0.1) is 6.61 Å². The Morgan fingerprint density at radius 3 is 2.63 bits per heavy atom. The van der Waals surface area contributed by atoms with E-state index in [9.17, 15) is 9.59 Å². The van der Waals surface area contributed by atoms with Gasteiger partial charge in [-0.05, 0) is 80.8 Å². The highest BCUT2D eigenvalue weighted by atomic mass is 16.5. The first-order valence-electron chi connectivity index (χ1n) is 12.4. The Morgan fingerprint density at radius 2 is 1.90 bits per heavy atom. The molecule has 4 aliphatic carbocycles. The average molecular weight is 413 g/mol. The van der Waals surface area contributed by atoms with Crippen LogP contribution in [0, 0.1) is 34.5 Å². The second-order valence-corrected chi connectivity index (χ2v) is 11.0. The lowest BCUT2D eigenvalue weighted by Crippen LogP contribution is -2.50. The van der Waals surface area contributed by atoms with Crippen molar-refractivity contribution in [3.8, 4) is 0 Å². The summed E-state index contributed by atoms with van der Waals surface area (Å²) >= 11 is 0. The summed E-state index contributed by atoms with van der Waals surface area (Å²) in [5.74, 6) is 3.41. The normalized spacial score (nSPS) is 40.1. The van der Waals surface area contributed by atoms with Crippen molar-refractivity contribution in [2.75, 3.05) is 6.61 Å². The van der Waals surface area contributed by atoms with E-state index in [0.29, 0.717) is 30.0 Å². The van der Waals surface area contributed by atoms with Crippen LogP contribution in [0.15, 0.2) is 23.5 Å². The van der Waals surface area contributed by atoms with Crippen LogP contribution in [-0.2, 0) is 14.3 Å². The molecule has 0 N–H and O–H groups in total. The Kier molecular flexibility index (Phi) is 6.03. The van der Waals surface area contributed by atoms with Crippen molar-refractivity contribution in [1.82, 2.24) is 0 Å². The van der Waals surface area contributed by atoms with Crippen LogP contribution in [0.25, 0.3) is 0 Å². The van der Waals surface area contributed by atoms with E-state index < -0.39 is 0 Å². The number of allylic oxidation sites excluding steroid dienone is 3. The number of hydrogen-bond acceptors (Lipinski definition) is 3. The first-order chi connectivity index (χ1) is 14.3. The molecule has 2 fully saturated rings. The van der Waals surface area contributed by atoms with Crippen molar-refractivity contribution in [3.63, 3.8) is 0 Å². The van der Waals surface area contributed by atoms with Crippen molar-refractivity contribution in [2.24, 2.45) is 34.5 Å². The average Bonchev–Trinajstić information content (AvgIpc) is 3.06. The summed E-state index contributed by atoms with van der Waals surface area (Å²) in [7, 11) is 0. The summed E-state index contributed by atoms with van der Waals surface area (Å²) in [5.41, 5.74) is 1.32. The molecule has 0 aromatic heterocycles. The molecule has 0 radical (unpaired) electrons. The fraction of sp³-hybridized carbons (Fsp3) is 0.778. The van der Waals surface area contributed by atoms with E-state index in [1.54, 1.807) is 6.92 Å². The summed E-state index contributed by atoms with van der Waals surface area (Å²) in [6, 6.07) is 0. The zero-order chi connectivity index (χ0) is 21.5. The molecule has 3 nitrogen and oxygen atoms in total. The molecule has 6 atom stereocenters. The molecule has 0 heterocycles. The molecule has 0 spiro atoms. The number of hydrogen-bond donors (Lipinski definition) is 0. The minimum atomic E-state index is 0.0295. The van der Waals surface area contributed by atoms with Crippen LogP contribution in [0.5, 0.6) is 0 Å². The zero-order valence-corrected chi connectivity index (χ0v) is 19.5. The van der Waals surface area contributed by atoms with Gasteiger partial charge in [-0.15, -0.1) is 0 Å². The number of carbonyl (C=O) groups is 2. The summed E-state index contributed by atoms with van der Waals surface area (Å²) in [4.78, 5) is 24.7. The predicted molar refractivity (Wildman–Crippen MR) is 120 cm³/mol. The van der Waals surface area contributed by atoms with Crippen LogP contribution in [-0.4, -0.2) is 18.2 Å². The summed E-state index contributed by atoms with van der Waals surface area (Å²) in [5, 5.41) is 0. The second-order valence-electron chi connectivity index (χ2n) is 11.0. The molecule has 4 aliphatic rings. The fourth-order valence-electron chi connectivity index (χ4n) is 7.59. The highest BCUT2D eigenvalue weighted by Gasteiger charge is 2.60.